The van der Waals surface area contributed by atoms with Gasteiger partial charge >= 0.3 is 0 Å². The standard InChI is InChI=1S/C20H22N6O3S/c1-14-8-9-21-17(10-14)23-18(27)11-25(2)19(28)12-30-20-24-22-13-26(20)15-4-6-16(29-3)7-5-15/h4-10,13H,11-12H2,1-3H3,(H,21,23,27). The van der Waals surface area contributed by atoms with E-state index in [0.29, 0.717) is 11.0 Å². The van der Waals surface area contributed by atoms with Gasteiger partial charge in [-0.1, -0.05) is 11.8 Å². The highest BCUT2D eigenvalue weighted by atomic mass is 32.2. The second kappa shape index (κ2) is 9.88. The van der Waals surface area contributed by atoms with Crippen LogP contribution in [0.5, 0.6) is 5.75 Å². The minimum Gasteiger partial charge on any atom is -0.497 e. The zero-order valence-electron chi connectivity index (χ0n) is 16.9. The Labute approximate surface area is 178 Å². The number of aryl methyl sites for hydroxylation is 1. The van der Waals surface area contributed by atoms with Crippen molar-refractivity contribution in [1.29, 1.82) is 0 Å². The molecule has 0 saturated heterocycles. The third-order valence-electron chi connectivity index (χ3n) is 4.18. The van der Waals surface area contributed by atoms with Gasteiger partial charge in [-0.3, -0.25) is 14.2 Å². The second-order valence-corrected chi connectivity index (χ2v) is 7.43. The molecule has 0 radical (unpaired) electrons. The zero-order valence-corrected chi connectivity index (χ0v) is 17.7. The molecule has 0 unspecified atom stereocenters. The molecule has 0 aliphatic rings. The highest BCUT2D eigenvalue weighted by Crippen LogP contribution is 2.21. The maximum Gasteiger partial charge on any atom is 0.245 e. The average Bonchev–Trinajstić information content (AvgIpc) is 3.20. The highest BCUT2D eigenvalue weighted by molar-refractivity contribution is 7.99. The summed E-state index contributed by atoms with van der Waals surface area (Å²) >= 11 is 1.25. The molecule has 156 valence electrons. The monoisotopic (exact) mass is 426 g/mol. The molecule has 9 nitrogen and oxygen atoms in total. The fourth-order valence-electron chi connectivity index (χ4n) is 2.57. The first-order chi connectivity index (χ1) is 14.5. The molecule has 2 aromatic heterocycles. The Morgan fingerprint density at radius 1 is 1.23 bits per heavy atom. The fraction of sp³-hybridized carbons (Fsp3) is 0.250. The van der Waals surface area contributed by atoms with Crippen molar-refractivity contribution in [2.24, 2.45) is 0 Å². The van der Waals surface area contributed by atoms with E-state index in [1.165, 1.54) is 16.7 Å². The number of amides is 2. The summed E-state index contributed by atoms with van der Waals surface area (Å²) in [5, 5.41) is 11.3. The lowest BCUT2D eigenvalue weighted by Crippen LogP contribution is -2.36. The maximum absolute atomic E-state index is 12.4. The van der Waals surface area contributed by atoms with Crippen LogP contribution in [0.15, 0.2) is 54.1 Å². The normalized spacial score (nSPS) is 10.5. The van der Waals surface area contributed by atoms with Crippen LogP contribution in [0.2, 0.25) is 0 Å². The van der Waals surface area contributed by atoms with Crippen LogP contribution in [0, 0.1) is 6.92 Å². The largest absolute Gasteiger partial charge is 0.497 e. The fourth-order valence-corrected chi connectivity index (χ4v) is 3.44. The van der Waals surface area contributed by atoms with Gasteiger partial charge < -0.3 is 15.0 Å². The number of hydrogen-bond acceptors (Lipinski definition) is 7. The summed E-state index contributed by atoms with van der Waals surface area (Å²) in [7, 11) is 3.19. The Hall–Kier alpha value is -3.40. The molecule has 0 aliphatic carbocycles. The van der Waals surface area contributed by atoms with Crippen LogP contribution >= 0.6 is 11.8 Å². The summed E-state index contributed by atoms with van der Waals surface area (Å²) in [4.78, 5) is 30.1. The lowest BCUT2D eigenvalue weighted by molar-refractivity contribution is -0.131. The summed E-state index contributed by atoms with van der Waals surface area (Å²) in [6, 6.07) is 11.0. The summed E-state index contributed by atoms with van der Waals surface area (Å²) in [6.45, 7) is 1.84. The van der Waals surface area contributed by atoms with Crippen LogP contribution in [0.1, 0.15) is 5.56 Å². The van der Waals surface area contributed by atoms with Gasteiger partial charge in [0, 0.05) is 18.9 Å². The molecule has 3 rings (SSSR count). The Morgan fingerprint density at radius 3 is 2.70 bits per heavy atom. The van der Waals surface area contributed by atoms with Gasteiger partial charge in [-0.25, -0.2) is 4.98 Å². The predicted octanol–water partition coefficient (Wildman–Crippen LogP) is 2.17. The molecular weight excluding hydrogens is 404 g/mol. The van der Waals surface area contributed by atoms with E-state index < -0.39 is 0 Å². The molecule has 1 aromatic carbocycles. The van der Waals surface area contributed by atoms with Crippen molar-refractivity contribution < 1.29 is 14.3 Å². The van der Waals surface area contributed by atoms with E-state index in [9.17, 15) is 9.59 Å². The quantitative estimate of drug-likeness (QED) is 0.551. The molecule has 3 aromatic rings. The van der Waals surface area contributed by atoms with Gasteiger partial charge in [0.15, 0.2) is 5.16 Å². The first-order valence-corrected chi connectivity index (χ1v) is 10.1. The van der Waals surface area contributed by atoms with E-state index in [1.807, 2.05) is 37.3 Å². The minimum atomic E-state index is -0.310. The van der Waals surface area contributed by atoms with E-state index in [2.05, 4.69) is 20.5 Å². The first kappa shape index (κ1) is 21.3. The lowest BCUT2D eigenvalue weighted by atomic mass is 10.3. The van der Waals surface area contributed by atoms with E-state index in [-0.39, 0.29) is 24.1 Å². The van der Waals surface area contributed by atoms with Crippen LogP contribution in [-0.2, 0) is 9.59 Å². The number of carbonyl (C=O) groups excluding carboxylic acids is 2. The van der Waals surface area contributed by atoms with Crippen LogP contribution in [-0.4, -0.2) is 62.9 Å². The van der Waals surface area contributed by atoms with Crippen molar-refractivity contribution in [3.05, 3.63) is 54.5 Å². The summed E-state index contributed by atoms with van der Waals surface area (Å²) < 4.78 is 6.95. The van der Waals surface area contributed by atoms with Gasteiger partial charge in [0.25, 0.3) is 0 Å². The molecule has 0 bridgehead atoms. The number of methoxy groups -OCH3 is 1. The number of likely N-dealkylation sites (N-methyl/N-ethyl adjacent to an activating group) is 1. The molecule has 0 saturated carbocycles. The van der Waals surface area contributed by atoms with Crippen molar-refractivity contribution in [3.8, 4) is 11.4 Å². The number of anilines is 1. The molecular formula is C20H22N6O3S. The van der Waals surface area contributed by atoms with E-state index >= 15 is 0 Å². The predicted molar refractivity (Wildman–Crippen MR) is 114 cm³/mol. The van der Waals surface area contributed by atoms with Crippen LogP contribution in [0.3, 0.4) is 0 Å². The number of nitrogens with one attached hydrogen (secondary N) is 1. The van der Waals surface area contributed by atoms with Crippen LogP contribution in [0.4, 0.5) is 5.82 Å². The minimum absolute atomic E-state index is 0.0693. The first-order valence-electron chi connectivity index (χ1n) is 9.10. The summed E-state index contributed by atoms with van der Waals surface area (Å²) in [5.74, 6) is 0.827. The number of hydrogen-bond donors (Lipinski definition) is 1. The van der Waals surface area contributed by atoms with E-state index in [4.69, 9.17) is 4.74 Å². The van der Waals surface area contributed by atoms with Gasteiger partial charge in [-0.05, 0) is 48.9 Å². The molecule has 0 aliphatic heterocycles. The van der Waals surface area contributed by atoms with Crippen molar-refractivity contribution in [2.75, 3.05) is 31.8 Å². The highest BCUT2D eigenvalue weighted by Gasteiger charge is 2.16. The van der Waals surface area contributed by atoms with Gasteiger partial charge in [-0.2, -0.15) is 0 Å². The molecule has 2 heterocycles. The topological polar surface area (TPSA) is 102 Å². The number of rotatable bonds is 8. The number of ether oxygens (including phenoxy) is 1. The van der Waals surface area contributed by atoms with Crippen molar-refractivity contribution in [3.63, 3.8) is 0 Å². The summed E-state index contributed by atoms with van der Waals surface area (Å²) in [5.41, 5.74) is 1.84. The van der Waals surface area contributed by atoms with Crippen LogP contribution in [0.25, 0.3) is 5.69 Å². The van der Waals surface area contributed by atoms with E-state index in [1.54, 1.807) is 37.3 Å². The molecule has 1 N–H and O–H groups in total. The number of aromatic nitrogens is 4. The van der Waals surface area contributed by atoms with Gasteiger partial charge in [-0.15, -0.1) is 10.2 Å². The Kier molecular flexibility index (Phi) is 7.02. The molecule has 10 heteroatoms. The zero-order chi connectivity index (χ0) is 21.5. The Balaban J connectivity index is 1.54. The van der Waals surface area contributed by atoms with E-state index in [0.717, 1.165) is 17.0 Å². The Morgan fingerprint density at radius 2 is 2.00 bits per heavy atom. The Bertz CT molecular complexity index is 1020. The molecule has 2 amide bonds. The molecule has 0 atom stereocenters. The number of nitrogens with zero attached hydrogens (tertiary/aromatic N) is 5. The molecule has 0 fully saturated rings. The van der Waals surface area contributed by atoms with Crippen molar-refractivity contribution >= 4 is 29.4 Å². The summed E-state index contributed by atoms with van der Waals surface area (Å²) in [6.07, 6.45) is 3.20. The lowest BCUT2D eigenvalue weighted by Gasteiger charge is -2.16. The SMILES string of the molecule is COc1ccc(-n2cnnc2SCC(=O)N(C)CC(=O)Nc2cc(C)ccn2)cc1. The van der Waals surface area contributed by atoms with Gasteiger partial charge in [0.1, 0.15) is 17.9 Å². The average molecular weight is 427 g/mol. The van der Waals surface area contributed by atoms with Crippen molar-refractivity contribution in [2.45, 2.75) is 12.1 Å². The number of benzene rings is 1. The number of pyridine rings is 1. The molecule has 30 heavy (non-hydrogen) atoms. The second-order valence-electron chi connectivity index (χ2n) is 6.49. The van der Waals surface area contributed by atoms with Gasteiger partial charge in [0.05, 0.1) is 19.4 Å². The van der Waals surface area contributed by atoms with Crippen LogP contribution < -0.4 is 10.1 Å². The third-order valence-corrected chi connectivity index (χ3v) is 5.11. The third kappa shape index (κ3) is 5.57. The smallest absolute Gasteiger partial charge is 0.245 e. The van der Waals surface area contributed by atoms with Gasteiger partial charge in [0.2, 0.25) is 11.8 Å². The maximum atomic E-state index is 12.4. The number of carbonyl (C=O) groups is 2. The number of thioether (sulfide) groups is 1. The molecule has 0 spiro atoms. The van der Waals surface area contributed by atoms with Crippen molar-refractivity contribution in [1.82, 2.24) is 24.6 Å².